The Morgan fingerprint density at radius 1 is 1.37 bits per heavy atom. The van der Waals surface area contributed by atoms with Crippen LogP contribution in [0.5, 0.6) is 0 Å². The highest BCUT2D eigenvalue weighted by Gasteiger charge is 2.19. The number of fused-ring (bicyclic) bond motifs is 1. The molecule has 0 spiro atoms. The van der Waals surface area contributed by atoms with Gasteiger partial charge in [0, 0.05) is 38.7 Å². The SMILES string of the molecule is CC(C)CCCN(C)c1nc(Br)nc2c1CNCC2. The van der Waals surface area contributed by atoms with Gasteiger partial charge in [-0.1, -0.05) is 13.8 Å². The quantitative estimate of drug-likeness (QED) is 0.845. The number of rotatable bonds is 5. The molecule has 0 unspecified atom stereocenters. The van der Waals surface area contributed by atoms with Gasteiger partial charge in [-0.25, -0.2) is 9.97 Å². The van der Waals surface area contributed by atoms with Crippen molar-refractivity contribution in [3.05, 3.63) is 16.0 Å². The molecule has 1 N–H and O–H groups in total. The van der Waals surface area contributed by atoms with Crippen LogP contribution in [0.3, 0.4) is 0 Å². The van der Waals surface area contributed by atoms with E-state index in [9.17, 15) is 0 Å². The van der Waals surface area contributed by atoms with Gasteiger partial charge >= 0.3 is 0 Å². The van der Waals surface area contributed by atoms with E-state index in [1.165, 1.54) is 24.1 Å². The van der Waals surface area contributed by atoms with Crippen LogP contribution >= 0.6 is 15.9 Å². The third-order valence-electron chi connectivity index (χ3n) is 3.52. The molecule has 0 aromatic carbocycles. The van der Waals surface area contributed by atoms with Crippen molar-refractivity contribution in [2.75, 3.05) is 25.0 Å². The van der Waals surface area contributed by atoms with Crippen LogP contribution in [0.2, 0.25) is 0 Å². The van der Waals surface area contributed by atoms with Crippen molar-refractivity contribution in [2.45, 2.75) is 39.7 Å². The molecule has 0 fully saturated rings. The van der Waals surface area contributed by atoms with Crippen molar-refractivity contribution in [3.8, 4) is 0 Å². The van der Waals surface area contributed by atoms with E-state index in [0.29, 0.717) is 4.73 Å². The van der Waals surface area contributed by atoms with Gasteiger partial charge in [0.1, 0.15) is 5.82 Å². The van der Waals surface area contributed by atoms with Gasteiger partial charge in [-0.05, 0) is 34.7 Å². The molecule has 5 heteroatoms. The highest BCUT2D eigenvalue weighted by atomic mass is 79.9. The summed E-state index contributed by atoms with van der Waals surface area (Å²) >= 11 is 3.43. The summed E-state index contributed by atoms with van der Waals surface area (Å²) in [5, 5.41) is 3.41. The molecule has 1 aromatic heterocycles. The van der Waals surface area contributed by atoms with E-state index in [1.807, 2.05) is 0 Å². The minimum Gasteiger partial charge on any atom is -0.359 e. The fourth-order valence-electron chi connectivity index (χ4n) is 2.45. The first-order chi connectivity index (χ1) is 9.08. The van der Waals surface area contributed by atoms with Crippen LogP contribution in [0.15, 0.2) is 4.73 Å². The second-order valence-electron chi connectivity index (χ2n) is 5.63. The average Bonchev–Trinajstić information content (AvgIpc) is 2.37. The zero-order valence-electron chi connectivity index (χ0n) is 12.0. The van der Waals surface area contributed by atoms with Gasteiger partial charge in [0.2, 0.25) is 0 Å². The predicted octanol–water partition coefficient (Wildman–Crippen LogP) is 2.76. The van der Waals surface area contributed by atoms with Crippen molar-refractivity contribution < 1.29 is 0 Å². The monoisotopic (exact) mass is 326 g/mol. The molecular formula is C14H23BrN4. The van der Waals surface area contributed by atoms with E-state index in [4.69, 9.17) is 0 Å². The van der Waals surface area contributed by atoms with Gasteiger partial charge in [-0.2, -0.15) is 0 Å². The number of nitrogens with zero attached hydrogens (tertiary/aromatic N) is 3. The summed E-state index contributed by atoms with van der Waals surface area (Å²) < 4.78 is 0.707. The summed E-state index contributed by atoms with van der Waals surface area (Å²) in [4.78, 5) is 11.3. The van der Waals surface area contributed by atoms with Gasteiger partial charge in [-0.15, -0.1) is 0 Å². The molecule has 0 amide bonds. The summed E-state index contributed by atoms with van der Waals surface area (Å²) in [6.45, 7) is 7.48. The lowest BCUT2D eigenvalue weighted by Crippen LogP contribution is -2.30. The maximum atomic E-state index is 4.58. The largest absolute Gasteiger partial charge is 0.359 e. The Hall–Kier alpha value is -0.680. The second-order valence-corrected chi connectivity index (χ2v) is 6.34. The summed E-state index contributed by atoms with van der Waals surface area (Å²) in [5.74, 6) is 1.84. The van der Waals surface area contributed by atoms with Crippen LogP contribution in [0.4, 0.5) is 5.82 Å². The van der Waals surface area contributed by atoms with Gasteiger partial charge in [0.25, 0.3) is 0 Å². The number of hydrogen-bond donors (Lipinski definition) is 1. The molecule has 2 heterocycles. The molecule has 1 aliphatic heterocycles. The highest BCUT2D eigenvalue weighted by Crippen LogP contribution is 2.24. The number of anilines is 1. The van der Waals surface area contributed by atoms with E-state index in [1.54, 1.807) is 0 Å². The fraction of sp³-hybridized carbons (Fsp3) is 0.714. The molecule has 0 bridgehead atoms. The van der Waals surface area contributed by atoms with Crippen LogP contribution in [-0.4, -0.2) is 30.1 Å². The Morgan fingerprint density at radius 3 is 2.89 bits per heavy atom. The first kappa shape index (κ1) is 14.7. The predicted molar refractivity (Wildman–Crippen MR) is 82.5 cm³/mol. The lowest BCUT2D eigenvalue weighted by molar-refractivity contribution is 0.552. The van der Waals surface area contributed by atoms with Crippen LogP contribution in [0.1, 0.15) is 37.9 Å². The Kier molecular flexibility index (Phi) is 5.16. The number of nitrogens with one attached hydrogen (secondary N) is 1. The normalized spacial score (nSPS) is 14.6. The first-order valence-corrected chi connectivity index (χ1v) is 7.84. The minimum atomic E-state index is 0.707. The van der Waals surface area contributed by atoms with Crippen molar-refractivity contribution in [1.82, 2.24) is 15.3 Å². The molecule has 106 valence electrons. The third kappa shape index (κ3) is 3.89. The smallest absolute Gasteiger partial charge is 0.198 e. The summed E-state index contributed by atoms with van der Waals surface area (Å²) in [6.07, 6.45) is 3.46. The number of aromatic nitrogens is 2. The average molecular weight is 327 g/mol. The van der Waals surface area contributed by atoms with Crippen molar-refractivity contribution in [1.29, 1.82) is 0 Å². The van der Waals surface area contributed by atoms with Gasteiger partial charge in [0.15, 0.2) is 4.73 Å². The van der Waals surface area contributed by atoms with Crippen LogP contribution in [0, 0.1) is 5.92 Å². The van der Waals surface area contributed by atoms with Crippen LogP contribution in [0.25, 0.3) is 0 Å². The first-order valence-electron chi connectivity index (χ1n) is 7.05. The van der Waals surface area contributed by atoms with Crippen molar-refractivity contribution >= 4 is 21.7 Å². The molecule has 2 rings (SSSR count). The molecule has 0 atom stereocenters. The molecule has 19 heavy (non-hydrogen) atoms. The van der Waals surface area contributed by atoms with E-state index < -0.39 is 0 Å². The molecule has 0 saturated carbocycles. The Morgan fingerprint density at radius 2 is 2.16 bits per heavy atom. The zero-order valence-corrected chi connectivity index (χ0v) is 13.6. The Labute approximate surface area is 124 Å². The van der Waals surface area contributed by atoms with Crippen molar-refractivity contribution in [2.24, 2.45) is 5.92 Å². The Bertz CT molecular complexity index is 434. The molecule has 1 aromatic rings. The van der Waals surface area contributed by atoms with Gasteiger partial charge < -0.3 is 10.2 Å². The molecule has 0 saturated heterocycles. The maximum absolute atomic E-state index is 4.58. The standard InChI is InChI=1S/C14H23BrN4/c1-10(2)5-4-8-19(3)13-11-9-16-7-6-12(11)17-14(15)18-13/h10,16H,4-9H2,1-3H3. The fourth-order valence-corrected chi connectivity index (χ4v) is 2.84. The van der Waals surface area contributed by atoms with E-state index in [-0.39, 0.29) is 0 Å². The highest BCUT2D eigenvalue weighted by molar-refractivity contribution is 9.10. The van der Waals surface area contributed by atoms with E-state index in [2.05, 4.69) is 57.0 Å². The summed E-state index contributed by atoms with van der Waals surface area (Å²) in [6, 6.07) is 0. The molecule has 0 aliphatic carbocycles. The number of hydrogen-bond acceptors (Lipinski definition) is 4. The molecule has 0 radical (unpaired) electrons. The van der Waals surface area contributed by atoms with E-state index in [0.717, 1.165) is 37.8 Å². The lowest BCUT2D eigenvalue weighted by Gasteiger charge is -2.25. The molecule has 1 aliphatic rings. The lowest BCUT2D eigenvalue weighted by atomic mass is 10.1. The maximum Gasteiger partial charge on any atom is 0.198 e. The summed E-state index contributed by atoms with van der Waals surface area (Å²) in [7, 11) is 2.13. The summed E-state index contributed by atoms with van der Waals surface area (Å²) in [5.41, 5.74) is 2.45. The van der Waals surface area contributed by atoms with E-state index >= 15 is 0 Å². The molecular weight excluding hydrogens is 304 g/mol. The second kappa shape index (κ2) is 6.66. The van der Waals surface area contributed by atoms with Crippen molar-refractivity contribution in [3.63, 3.8) is 0 Å². The Balaban J connectivity index is 2.12. The molecule has 4 nitrogen and oxygen atoms in total. The van der Waals surface area contributed by atoms with Crippen LogP contribution < -0.4 is 10.2 Å². The topological polar surface area (TPSA) is 41.1 Å². The van der Waals surface area contributed by atoms with Gasteiger partial charge in [-0.3, -0.25) is 0 Å². The minimum absolute atomic E-state index is 0.707. The third-order valence-corrected chi connectivity index (χ3v) is 3.88. The van der Waals surface area contributed by atoms with Gasteiger partial charge in [0.05, 0.1) is 5.69 Å². The van der Waals surface area contributed by atoms with Crippen LogP contribution in [-0.2, 0) is 13.0 Å². The number of halogens is 1. The zero-order chi connectivity index (χ0) is 13.8.